The molecule has 0 atom stereocenters. The average Bonchev–Trinajstić information content (AvgIpc) is 2.75. The number of ether oxygens (including phenoxy) is 1. The molecule has 0 radical (unpaired) electrons. The Kier molecular flexibility index (Phi) is 7.00. The molecule has 2 amide bonds. The van der Waals surface area contributed by atoms with Gasteiger partial charge in [0.15, 0.2) is 0 Å². The van der Waals surface area contributed by atoms with Gasteiger partial charge in [-0.25, -0.2) is 9.87 Å². The Bertz CT molecular complexity index is 1060. The van der Waals surface area contributed by atoms with Crippen LogP contribution in [0, 0.1) is 5.82 Å². The predicted octanol–water partition coefficient (Wildman–Crippen LogP) is 4.96. The third kappa shape index (κ3) is 5.56. The molecule has 0 aliphatic heterocycles. The van der Waals surface area contributed by atoms with E-state index in [0.717, 1.165) is 0 Å². The van der Waals surface area contributed by atoms with Gasteiger partial charge >= 0.3 is 0 Å². The molecule has 0 aromatic heterocycles. The zero-order chi connectivity index (χ0) is 21.5. The minimum atomic E-state index is -0.551. The van der Waals surface area contributed by atoms with Crippen LogP contribution in [0.1, 0.15) is 22.3 Å². The lowest BCUT2D eigenvalue weighted by Gasteiger charge is -2.14. The van der Waals surface area contributed by atoms with Gasteiger partial charge in [-0.3, -0.25) is 14.8 Å². The van der Waals surface area contributed by atoms with E-state index in [1.165, 1.54) is 24.3 Å². The first-order valence-corrected chi connectivity index (χ1v) is 9.39. The van der Waals surface area contributed by atoms with Crippen LogP contribution in [0.25, 0.3) is 0 Å². The van der Waals surface area contributed by atoms with Crippen LogP contribution in [0.4, 0.5) is 10.1 Å². The SMILES string of the molecule is O=C(CCc1cc(Cl)ccc1NC(=O)c1ccccc1Oc1ccc(F)cc1)NO. The summed E-state index contributed by atoms with van der Waals surface area (Å²) in [5, 5.41) is 11.9. The van der Waals surface area contributed by atoms with Crippen molar-refractivity contribution in [3.05, 3.63) is 88.7 Å². The minimum absolute atomic E-state index is 0.0178. The Hall–Kier alpha value is -3.42. The Morgan fingerprint density at radius 3 is 2.50 bits per heavy atom. The number of aryl methyl sites for hydroxylation is 1. The molecule has 0 heterocycles. The average molecular weight is 429 g/mol. The number of nitrogens with one attached hydrogen (secondary N) is 2. The van der Waals surface area contributed by atoms with E-state index < -0.39 is 17.6 Å². The first-order chi connectivity index (χ1) is 14.5. The normalized spacial score (nSPS) is 10.4. The standard InChI is InChI=1S/C22H18ClFN2O4/c23-15-6-11-19(14(13-15)5-12-21(27)26-29)25-22(28)18-3-1-2-4-20(18)30-17-9-7-16(24)8-10-17/h1-4,6-11,13,29H,5,12H2,(H,25,28)(H,26,27). The van der Waals surface area contributed by atoms with Crippen molar-refractivity contribution in [2.24, 2.45) is 0 Å². The largest absolute Gasteiger partial charge is 0.457 e. The molecule has 0 aliphatic carbocycles. The van der Waals surface area contributed by atoms with Crippen LogP contribution in [0.5, 0.6) is 11.5 Å². The van der Waals surface area contributed by atoms with Gasteiger partial charge in [0.2, 0.25) is 5.91 Å². The first-order valence-electron chi connectivity index (χ1n) is 9.01. The molecule has 8 heteroatoms. The van der Waals surface area contributed by atoms with Gasteiger partial charge in [-0.1, -0.05) is 23.7 Å². The number of carbonyl (C=O) groups is 2. The highest BCUT2D eigenvalue weighted by Gasteiger charge is 2.15. The third-order valence-electron chi connectivity index (χ3n) is 4.23. The predicted molar refractivity (Wildman–Crippen MR) is 111 cm³/mol. The number of anilines is 1. The second-order valence-electron chi connectivity index (χ2n) is 6.34. The molecule has 0 saturated heterocycles. The summed E-state index contributed by atoms with van der Waals surface area (Å²) < 4.78 is 18.8. The number of hydroxylamine groups is 1. The monoisotopic (exact) mass is 428 g/mol. The molecule has 3 aromatic rings. The fourth-order valence-electron chi connectivity index (χ4n) is 2.76. The molecule has 3 aromatic carbocycles. The second-order valence-corrected chi connectivity index (χ2v) is 6.78. The van der Waals surface area contributed by atoms with Crippen molar-refractivity contribution in [2.45, 2.75) is 12.8 Å². The fourth-order valence-corrected chi connectivity index (χ4v) is 2.95. The number of halogens is 2. The topological polar surface area (TPSA) is 87.7 Å². The number of carbonyl (C=O) groups excluding carboxylic acids is 2. The van der Waals surface area contributed by atoms with Crippen LogP contribution in [-0.2, 0) is 11.2 Å². The van der Waals surface area contributed by atoms with E-state index in [1.54, 1.807) is 47.9 Å². The van der Waals surface area contributed by atoms with Crippen molar-refractivity contribution in [3.63, 3.8) is 0 Å². The summed E-state index contributed by atoms with van der Waals surface area (Å²) in [5.41, 5.74) is 2.96. The van der Waals surface area contributed by atoms with Gasteiger partial charge in [0.1, 0.15) is 17.3 Å². The van der Waals surface area contributed by atoms with Gasteiger partial charge < -0.3 is 10.1 Å². The molecule has 0 aliphatic rings. The zero-order valence-corrected chi connectivity index (χ0v) is 16.4. The molecule has 30 heavy (non-hydrogen) atoms. The first kappa shape index (κ1) is 21.3. The van der Waals surface area contributed by atoms with Gasteiger partial charge in [-0.05, 0) is 66.6 Å². The van der Waals surface area contributed by atoms with Gasteiger partial charge in [0.25, 0.3) is 5.91 Å². The van der Waals surface area contributed by atoms with Gasteiger partial charge in [0.05, 0.1) is 5.56 Å². The quantitative estimate of drug-likeness (QED) is 0.366. The van der Waals surface area contributed by atoms with E-state index >= 15 is 0 Å². The van der Waals surface area contributed by atoms with Crippen LogP contribution in [0.15, 0.2) is 66.7 Å². The zero-order valence-electron chi connectivity index (χ0n) is 15.7. The van der Waals surface area contributed by atoms with Crippen LogP contribution in [-0.4, -0.2) is 17.0 Å². The van der Waals surface area contributed by atoms with Crippen molar-refractivity contribution in [1.29, 1.82) is 0 Å². The van der Waals surface area contributed by atoms with Crippen LogP contribution in [0.3, 0.4) is 0 Å². The Morgan fingerprint density at radius 2 is 1.77 bits per heavy atom. The van der Waals surface area contributed by atoms with Crippen molar-refractivity contribution in [3.8, 4) is 11.5 Å². The summed E-state index contributed by atoms with van der Waals surface area (Å²) in [5.74, 6) is -0.678. The number of hydrogen-bond acceptors (Lipinski definition) is 4. The molecular weight excluding hydrogens is 411 g/mol. The van der Waals surface area contributed by atoms with E-state index in [1.807, 2.05) is 0 Å². The van der Waals surface area contributed by atoms with Crippen LogP contribution < -0.4 is 15.5 Å². The van der Waals surface area contributed by atoms with E-state index in [0.29, 0.717) is 27.8 Å². The van der Waals surface area contributed by atoms with Gasteiger partial charge in [-0.2, -0.15) is 0 Å². The van der Waals surface area contributed by atoms with Crippen molar-refractivity contribution in [1.82, 2.24) is 5.48 Å². The Morgan fingerprint density at radius 1 is 1.03 bits per heavy atom. The summed E-state index contributed by atoms with van der Waals surface area (Å²) in [6.07, 6.45) is 0.278. The number of para-hydroxylation sites is 1. The Labute approximate surface area is 177 Å². The van der Waals surface area contributed by atoms with E-state index in [4.69, 9.17) is 21.5 Å². The molecule has 0 unspecified atom stereocenters. The maximum absolute atomic E-state index is 13.1. The second kappa shape index (κ2) is 9.87. The highest BCUT2D eigenvalue weighted by molar-refractivity contribution is 6.30. The van der Waals surface area contributed by atoms with Crippen LogP contribution in [0.2, 0.25) is 5.02 Å². The molecule has 0 spiro atoms. The maximum Gasteiger partial charge on any atom is 0.259 e. The summed E-state index contributed by atoms with van der Waals surface area (Å²) >= 11 is 6.04. The van der Waals surface area contributed by atoms with Crippen molar-refractivity contribution < 1.29 is 23.9 Å². The number of benzene rings is 3. The van der Waals surface area contributed by atoms with Crippen molar-refractivity contribution >= 4 is 29.1 Å². The molecule has 0 fully saturated rings. The van der Waals surface area contributed by atoms with Crippen molar-refractivity contribution in [2.75, 3.05) is 5.32 Å². The maximum atomic E-state index is 13.1. The summed E-state index contributed by atoms with van der Waals surface area (Å²) in [7, 11) is 0. The van der Waals surface area contributed by atoms with E-state index in [-0.39, 0.29) is 18.4 Å². The molecule has 3 rings (SSSR count). The third-order valence-corrected chi connectivity index (χ3v) is 4.47. The molecule has 6 nitrogen and oxygen atoms in total. The highest BCUT2D eigenvalue weighted by atomic mass is 35.5. The van der Waals surface area contributed by atoms with E-state index in [2.05, 4.69) is 5.32 Å². The Balaban J connectivity index is 1.81. The highest BCUT2D eigenvalue weighted by Crippen LogP contribution is 2.28. The smallest absolute Gasteiger partial charge is 0.259 e. The fraction of sp³-hybridized carbons (Fsp3) is 0.0909. The van der Waals surface area contributed by atoms with Gasteiger partial charge in [-0.15, -0.1) is 0 Å². The lowest BCUT2D eigenvalue weighted by atomic mass is 10.1. The molecule has 0 saturated carbocycles. The molecule has 154 valence electrons. The number of rotatable bonds is 7. The molecule has 3 N–H and O–H groups in total. The van der Waals surface area contributed by atoms with E-state index in [9.17, 15) is 14.0 Å². The molecular formula is C22H18ClFN2O4. The number of hydrogen-bond donors (Lipinski definition) is 3. The summed E-state index contributed by atoms with van der Waals surface area (Å²) in [6, 6.07) is 17.0. The minimum Gasteiger partial charge on any atom is -0.457 e. The lowest BCUT2D eigenvalue weighted by Crippen LogP contribution is -2.19. The lowest BCUT2D eigenvalue weighted by molar-refractivity contribution is -0.129. The summed E-state index contributed by atoms with van der Waals surface area (Å²) in [6.45, 7) is 0. The molecule has 0 bridgehead atoms. The number of amides is 2. The van der Waals surface area contributed by atoms with Crippen LogP contribution >= 0.6 is 11.6 Å². The summed E-state index contributed by atoms with van der Waals surface area (Å²) in [4.78, 5) is 24.3. The van der Waals surface area contributed by atoms with Gasteiger partial charge in [0, 0.05) is 17.1 Å².